The van der Waals surface area contributed by atoms with E-state index in [2.05, 4.69) is 32.9 Å². The normalized spacial score (nSPS) is 11.5. The number of rotatable bonds is 16. The van der Waals surface area contributed by atoms with E-state index in [0.29, 0.717) is 11.5 Å². The second kappa shape index (κ2) is 16.6. The first kappa shape index (κ1) is 32.7. The smallest absolute Gasteiger partial charge is 0.340 e. The Balaban J connectivity index is 1.72. The Morgan fingerprint density at radius 2 is 1.40 bits per heavy atom. The van der Waals surface area contributed by atoms with E-state index in [0.717, 1.165) is 36.8 Å². The first-order valence-electron chi connectivity index (χ1n) is 14.3. The van der Waals surface area contributed by atoms with E-state index < -0.39 is 17.5 Å². The molecule has 3 aromatic rings. The quantitative estimate of drug-likeness (QED) is 0.162. The summed E-state index contributed by atoms with van der Waals surface area (Å²) in [4.78, 5) is 24.0. The number of carboxylic acid groups (broad SMARTS) is 2. The van der Waals surface area contributed by atoms with Gasteiger partial charge >= 0.3 is 11.9 Å². The van der Waals surface area contributed by atoms with Crippen molar-refractivity contribution in [2.75, 3.05) is 6.61 Å². The van der Waals surface area contributed by atoms with Gasteiger partial charge in [-0.3, -0.25) is 0 Å². The third kappa shape index (κ3) is 10.9. The van der Waals surface area contributed by atoms with Gasteiger partial charge in [0.2, 0.25) is 0 Å². The lowest BCUT2D eigenvalue weighted by molar-refractivity contribution is 0.0647. The number of hydrogen-bond donors (Lipinski definition) is 2. The molecule has 0 spiro atoms. The number of allylic oxidation sites excluding steroid dienone is 5. The number of ether oxygens (including phenoxy) is 3. The lowest BCUT2D eigenvalue weighted by atomic mass is 10.1. The maximum Gasteiger partial charge on any atom is 0.340 e. The Kier molecular flexibility index (Phi) is 12.6. The zero-order valence-electron chi connectivity index (χ0n) is 25.3. The molecular weight excluding hydrogens is 544 g/mol. The fourth-order valence-electron chi connectivity index (χ4n) is 4.30. The minimum absolute atomic E-state index is 0.0647. The van der Waals surface area contributed by atoms with E-state index in [9.17, 15) is 19.8 Å². The average Bonchev–Trinajstić information content (AvgIpc) is 2.96. The maximum atomic E-state index is 12.2. The van der Waals surface area contributed by atoms with Gasteiger partial charge in [-0.2, -0.15) is 0 Å². The molecule has 0 aliphatic rings. The van der Waals surface area contributed by atoms with E-state index in [-0.39, 0.29) is 30.3 Å². The van der Waals surface area contributed by atoms with Crippen molar-refractivity contribution in [2.45, 2.75) is 60.0 Å². The molecule has 0 amide bonds. The van der Waals surface area contributed by atoms with Crippen molar-refractivity contribution in [3.63, 3.8) is 0 Å². The third-order valence-electron chi connectivity index (χ3n) is 6.62. The molecule has 43 heavy (non-hydrogen) atoms. The number of para-hydroxylation sites is 1. The zero-order chi connectivity index (χ0) is 31.2. The first-order chi connectivity index (χ1) is 20.6. The molecule has 0 atom stereocenters. The van der Waals surface area contributed by atoms with Crippen molar-refractivity contribution in [1.29, 1.82) is 0 Å². The number of aromatic carboxylic acids is 2. The summed E-state index contributed by atoms with van der Waals surface area (Å²) < 4.78 is 17.8. The van der Waals surface area contributed by atoms with E-state index in [1.54, 1.807) is 0 Å². The largest absolute Gasteiger partial charge is 0.485 e. The molecule has 0 radical (unpaired) electrons. The summed E-state index contributed by atoms with van der Waals surface area (Å²) in [6.45, 7) is 8.48. The lowest BCUT2D eigenvalue weighted by Crippen LogP contribution is -2.13. The van der Waals surface area contributed by atoms with Crippen LogP contribution in [0.1, 0.15) is 79.7 Å². The molecule has 0 aliphatic carbocycles. The van der Waals surface area contributed by atoms with E-state index in [4.69, 9.17) is 14.2 Å². The van der Waals surface area contributed by atoms with Gasteiger partial charge in [0.1, 0.15) is 30.3 Å². The molecule has 0 saturated carbocycles. The van der Waals surface area contributed by atoms with Crippen molar-refractivity contribution in [1.82, 2.24) is 0 Å². The molecule has 0 saturated heterocycles. The number of benzene rings is 3. The Morgan fingerprint density at radius 3 is 2.07 bits per heavy atom. The molecule has 0 aromatic heterocycles. The molecule has 0 fully saturated rings. The van der Waals surface area contributed by atoms with Crippen LogP contribution in [0, 0.1) is 0 Å². The van der Waals surface area contributed by atoms with Gasteiger partial charge in [-0.05, 0) is 101 Å². The van der Waals surface area contributed by atoms with Crippen LogP contribution in [0.2, 0.25) is 0 Å². The van der Waals surface area contributed by atoms with Crippen molar-refractivity contribution in [2.24, 2.45) is 0 Å². The van der Waals surface area contributed by atoms with Crippen molar-refractivity contribution in [3.05, 3.63) is 118 Å². The summed E-state index contributed by atoms with van der Waals surface area (Å²) >= 11 is 0. The maximum absolute atomic E-state index is 12.2. The van der Waals surface area contributed by atoms with Crippen LogP contribution in [-0.4, -0.2) is 28.8 Å². The van der Waals surface area contributed by atoms with Crippen LogP contribution in [0.25, 0.3) is 0 Å². The van der Waals surface area contributed by atoms with Gasteiger partial charge in [0, 0.05) is 0 Å². The molecular formula is C36H40O7. The molecule has 3 rings (SSSR count). The van der Waals surface area contributed by atoms with Crippen molar-refractivity contribution < 1.29 is 34.0 Å². The molecule has 0 heterocycles. The molecule has 3 aromatic carbocycles. The van der Waals surface area contributed by atoms with E-state index >= 15 is 0 Å². The predicted octanol–water partition coefficient (Wildman–Crippen LogP) is 9.25. The first-order valence-corrected chi connectivity index (χ1v) is 14.3. The molecule has 7 heteroatoms. The number of carbonyl (C=O) groups is 2. The van der Waals surface area contributed by atoms with Gasteiger partial charge < -0.3 is 24.4 Å². The van der Waals surface area contributed by atoms with Crippen LogP contribution in [0.4, 0.5) is 0 Å². The van der Waals surface area contributed by atoms with Crippen molar-refractivity contribution >= 4 is 11.9 Å². The number of hydrogen-bond acceptors (Lipinski definition) is 5. The van der Waals surface area contributed by atoms with Gasteiger partial charge in [-0.15, -0.1) is 0 Å². The van der Waals surface area contributed by atoms with Gasteiger partial charge in [-0.1, -0.05) is 59.2 Å². The van der Waals surface area contributed by atoms with Crippen LogP contribution in [0.3, 0.4) is 0 Å². The summed E-state index contributed by atoms with van der Waals surface area (Å²) in [7, 11) is 0. The fraction of sp³-hybridized carbons (Fsp3) is 0.278. The van der Waals surface area contributed by atoms with Crippen LogP contribution >= 0.6 is 0 Å². The SMILES string of the molecule is CC(C)=CCCC(C)=CCCC(C)=CCOc1c(OCc2cccc(Oc3ccccc3)c2)ccc(C(=O)O)c1C(=O)O. The average molecular weight is 585 g/mol. The third-order valence-corrected chi connectivity index (χ3v) is 6.62. The Labute approximate surface area is 253 Å². The van der Waals surface area contributed by atoms with E-state index in [1.807, 2.05) is 67.6 Å². The molecule has 0 unspecified atom stereocenters. The van der Waals surface area contributed by atoms with Crippen LogP contribution in [0.5, 0.6) is 23.0 Å². The van der Waals surface area contributed by atoms with Crippen LogP contribution in [0.15, 0.2) is 102 Å². The summed E-state index contributed by atoms with van der Waals surface area (Å²) in [5.74, 6) is -1.44. The molecule has 2 N–H and O–H groups in total. The predicted molar refractivity (Wildman–Crippen MR) is 169 cm³/mol. The number of carboxylic acids is 2. The van der Waals surface area contributed by atoms with Gasteiger partial charge in [0.05, 0.1) is 5.56 Å². The second-order valence-electron chi connectivity index (χ2n) is 10.5. The summed E-state index contributed by atoms with van der Waals surface area (Å²) in [6.07, 6.45) is 10.1. The zero-order valence-corrected chi connectivity index (χ0v) is 25.3. The monoisotopic (exact) mass is 584 g/mol. The highest BCUT2D eigenvalue weighted by Crippen LogP contribution is 2.35. The lowest BCUT2D eigenvalue weighted by Gasteiger charge is -2.16. The van der Waals surface area contributed by atoms with Crippen LogP contribution < -0.4 is 14.2 Å². The summed E-state index contributed by atoms with van der Waals surface area (Å²) in [6, 6.07) is 19.3. The van der Waals surface area contributed by atoms with Gasteiger partial charge in [-0.25, -0.2) is 9.59 Å². The highest BCUT2D eigenvalue weighted by molar-refractivity contribution is 6.04. The van der Waals surface area contributed by atoms with Crippen molar-refractivity contribution in [3.8, 4) is 23.0 Å². The second-order valence-corrected chi connectivity index (χ2v) is 10.5. The minimum atomic E-state index is -1.41. The minimum Gasteiger partial charge on any atom is -0.485 e. The van der Waals surface area contributed by atoms with Gasteiger partial charge in [0.15, 0.2) is 11.5 Å². The Morgan fingerprint density at radius 1 is 0.721 bits per heavy atom. The summed E-state index contributed by atoms with van der Waals surface area (Å²) in [5, 5.41) is 19.5. The molecule has 0 bridgehead atoms. The molecule has 0 aliphatic heterocycles. The van der Waals surface area contributed by atoms with E-state index in [1.165, 1.54) is 23.3 Å². The highest BCUT2D eigenvalue weighted by Gasteiger charge is 2.25. The standard InChI is InChI=1S/C36H40O7/c1-25(2)11-8-12-26(3)13-9-14-27(4)21-22-41-34-32(20-19-31(35(37)38)33(34)36(39)40)42-24-28-15-10-18-30(23-28)43-29-16-6-5-7-17-29/h5-7,10-11,13,15-21,23H,8-9,12,14,22,24H2,1-4H3,(H,37,38)(H,39,40). The van der Waals surface area contributed by atoms with Gasteiger partial charge in [0.25, 0.3) is 0 Å². The summed E-state index contributed by atoms with van der Waals surface area (Å²) in [5.41, 5.74) is 3.70. The molecule has 226 valence electrons. The molecule has 7 nitrogen and oxygen atoms in total. The van der Waals surface area contributed by atoms with Crippen LogP contribution in [-0.2, 0) is 6.61 Å². The Bertz CT molecular complexity index is 1480. The highest BCUT2D eigenvalue weighted by atomic mass is 16.5. The Hall–Kier alpha value is -4.78. The fourth-order valence-corrected chi connectivity index (χ4v) is 4.30. The topological polar surface area (TPSA) is 102 Å².